The van der Waals surface area contributed by atoms with E-state index < -0.39 is 20.0 Å². The van der Waals surface area contributed by atoms with Crippen molar-refractivity contribution < 1.29 is 13.2 Å². The molecule has 0 heterocycles. The fraction of sp³-hybridized carbons (Fsp3) is 0.400. The van der Waals surface area contributed by atoms with Crippen LogP contribution >= 0.6 is 15.9 Å². The maximum absolute atomic E-state index is 13.4. The van der Waals surface area contributed by atoms with Gasteiger partial charge in [0.1, 0.15) is 11.6 Å². The normalized spacial score (nSPS) is 11.9. The van der Waals surface area contributed by atoms with Crippen molar-refractivity contribution in [2.75, 3.05) is 0 Å². The zero-order chi connectivity index (χ0) is 11.6. The van der Waals surface area contributed by atoms with E-state index in [1.807, 2.05) is 19.6 Å². The molecule has 1 aromatic carbocycles. The lowest BCUT2D eigenvalue weighted by molar-refractivity contribution is 0.286. The molecule has 0 unspecified atom stereocenters. The second-order valence-electron chi connectivity index (χ2n) is 4.25. The van der Waals surface area contributed by atoms with Gasteiger partial charge in [-0.25, -0.2) is 8.78 Å². The molecule has 1 nitrogen and oxygen atoms in total. The van der Waals surface area contributed by atoms with Crippen molar-refractivity contribution in [3.63, 3.8) is 0 Å². The summed E-state index contributed by atoms with van der Waals surface area (Å²) in [6.07, 6.45) is 0. The molecule has 1 rings (SSSR count). The molecule has 0 atom stereocenters. The molecule has 0 amide bonds. The van der Waals surface area contributed by atoms with Crippen LogP contribution in [-0.4, -0.2) is 8.32 Å². The average Bonchev–Trinajstić information content (AvgIpc) is 1.99. The van der Waals surface area contributed by atoms with Crippen LogP contribution in [0.2, 0.25) is 19.6 Å². The molecule has 0 aliphatic carbocycles. The van der Waals surface area contributed by atoms with Crippen molar-refractivity contribution in [2.45, 2.75) is 26.2 Å². The molecule has 0 N–H and O–H groups in total. The highest BCUT2D eigenvalue weighted by Gasteiger charge is 2.17. The molecule has 0 radical (unpaired) electrons. The third-order valence-corrected chi connectivity index (χ3v) is 3.22. The molecule has 0 bridgehead atoms. The Hall–Kier alpha value is -0.263. The van der Waals surface area contributed by atoms with E-state index in [1.54, 1.807) is 0 Å². The molecule has 0 aliphatic heterocycles. The first-order valence-corrected chi connectivity index (χ1v) is 8.77. The molecule has 0 saturated carbocycles. The predicted octanol–water partition coefficient (Wildman–Crippen LogP) is 4.08. The minimum absolute atomic E-state index is 0.000579. The highest BCUT2D eigenvalue weighted by atomic mass is 79.9. The van der Waals surface area contributed by atoms with Gasteiger partial charge in [-0.15, -0.1) is 0 Å². The van der Waals surface area contributed by atoms with Gasteiger partial charge in [0.15, 0.2) is 8.32 Å². The van der Waals surface area contributed by atoms with Crippen LogP contribution in [-0.2, 0) is 11.0 Å². The summed E-state index contributed by atoms with van der Waals surface area (Å²) >= 11 is 3.03. The van der Waals surface area contributed by atoms with E-state index in [-0.39, 0.29) is 12.2 Å². The second-order valence-corrected chi connectivity index (χ2v) is 9.68. The van der Waals surface area contributed by atoms with Crippen molar-refractivity contribution in [1.82, 2.24) is 0 Å². The molecule has 0 spiro atoms. The number of hydrogen-bond acceptors (Lipinski definition) is 1. The Kier molecular flexibility index (Phi) is 4.03. The summed E-state index contributed by atoms with van der Waals surface area (Å²) in [5, 5.41) is 0. The highest BCUT2D eigenvalue weighted by Crippen LogP contribution is 2.21. The number of halogens is 3. The molecule has 5 heteroatoms. The van der Waals surface area contributed by atoms with E-state index in [4.69, 9.17) is 4.43 Å². The Morgan fingerprint density at radius 1 is 1.20 bits per heavy atom. The van der Waals surface area contributed by atoms with Crippen molar-refractivity contribution >= 4 is 24.2 Å². The Morgan fingerprint density at radius 3 is 2.07 bits per heavy atom. The number of benzene rings is 1. The Labute approximate surface area is 97.7 Å². The Balaban J connectivity index is 2.86. The average molecular weight is 295 g/mol. The van der Waals surface area contributed by atoms with Crippen LogP contribution in [0, 0.1) is 11.6 Å². The molecule has 84 valence electrons. The van der Waals surface area contributed by atoms with Gasteiger partial charge in [-0.05, 0) is 31.8 Å². The van der Waals surface area contributed by atoms with Gasteiger partial charge in [0, 0.05) is 10.0 Å². The lowest BCUT2D eigenvalue weighted by Gasteiger charge is -2.17. The van der Waals surface area contributed by atoms with Gasteiger partial charge in [-0.1, -0.05) is 15.9 Å². The summed E-state index contributed by atoms with van der Waals surface area (Å²) < 4.78 is 32.6. The minimum Gasteiger partial charge on any atom is -0.413 e. The first-order valence-electron chi connectivity index (χ1n) is 4.57. The molecule has 1 aromatic rings. The summed E-state index contributed by atoms with van der Waals surface area (Å²) in [6, 6.07) is 2.48. The molecule has 0 aliphatic rings. The Bertz CT molecular complexity index is 340. The van der Waals surface area contributed by atoms with Crippen molar-refractivity contribution in [3.05, 3.63) is 33.8 Å². The first-order chi connectivity index (χ1) is 6.79. The van der Waals surface area contributed by atoms with Gasteiger partial charge in [0.25, 0.3) is 0 Å². The zero-order valence-electron chi connectivity index (χ0n) is 8.90. The van der Waals surface area contributed by atoms with Crippen molar-refractivity contribution in [2.24, 2.45) is 0 Å². The maximum Gasteiger partial charge on any atom is 0.184 e. The topological polar surface area (TPSA) is 9.23 Å². The van der Waals surface area contributed by atoms with Crippen LogP contribution in [0.15, 0.2) is 16.6 Å². The number of hydrogen-bond donors (Lipinski definition) is 0. The van der Waals surface area contributed by atoms with E-state index in [1.165, 1.54) is 12.1 Å². The van der Waals surface area contributed by atoms with E-state index in [9.17, 15) is 8.78 Å². The second kappa shape index (κ2) is 4.72. The minimum atomic E-state index is -1.74. The summed E-state index contributed by atoms with van der Waals surface area (Å²) in [5.41, 5.74) is 0.000579. The Morgan fingerprint density at radius 2 is 1.67 bits per heavy atom. The van der Waals surface area contributed by atoms with E-state index >= 15 is 0 Å². The van der Waals surface area contributed by atoms with Crippen LogP contribution in [0.3, 0.4) is 0 Å². The molecule has 0 aromatic heterocycles. The van der Waals surface area contributed by atoms with Gasteiger partial charge in [-0.2, -0.15) is 0 Å². The standard InChI is InChI=1S/C10H13BrF2OSi/c1-15(2,3)14-6-8-9(12)4-7(11)5-10(8)13/h4-5H,6H2,1-3H3. The zero-order valence-corrected chi connectivity index (χ0v) is 11.5. The quantitative estimate of drug-likeness (QED) is 0.764. The molecular weight excluding hydrogens is 282 g/mol. The van der Waals surface area contributed by atoms with Crippen LogP contribution < -0.4 is 0 Å². The largest absolute Gasteiger partial charge is 0.413 e. The lowest BCUT2D eigenvalue weighted by Crippen LogP contribution is -2.25. The maximum atomic E-state index is 13.4. The SMILES string of the molecule is C[Si](C)(C)OCc1c(F)cc(Br)cc1F. The summed E-state index contributed by atoms with van der Waals surface area (Å²) in [5.74, 6) is -1.14. The van der Waals surface area contributed by atoms with Gasteiger partial charge in [-0.3, -0.25) is 0 Å². The smallest absolute Gasteiger partial charge is 0.184 e. The summed E-state index contributed by atoms with van der Waals surface area (Å²) in [6.45, 7) is 5.92. The molecule has 0 saturated heterocycles. The third kappa shape index (κ3) is 4.00. The highest BCUT2D eigenvalue weighted by molar-refractivity contribution is 9.10. The first kappa shape index (κ1) is 12.8. The van der Waals surface area contributed by atoms with E-state index in [0.29, 0.717) is 4.47 Å². The summed E-state index contributed by atoms with van der Waals surface area (Å²) in [4.78, 5) is 0. The number of rotatable bonds is 3. The van der Waals surface area contributed by atoms with Crippen molar-refractivity contribution in [1.29, 1.82) is 0 Å². The van der Waals surface area contributed by atoms with Gasteiger partial charge in [0.2, 0.25) is 0 Å². The van der Waals surface area contributed by atoms with Crippen LogP contribution in [0.4, 0.5) is 8.78 Å². The van der Waals surface area contributed by atoms with Gasteiger partial charge >= 0.3 is 0 Å². The summed E-state index contributed by atoms with van der Waals surface area (Å²) in [7, 11) is -1.74. The van der Waals surface area contributed by atoms with E-state index in [0.717, 1.165) is 0 Å². The predicted molar refractivity (Wildman–Crippen MR) is 62.2 cm³/mol. The van der Waals surface area contributed by atoms with E-state index in [2.05, 4.69) is 15.9 Å². The van der Waals surface area contributed by atoms with Crippen LogP contribution in [0.1, 0.15) is 5.56 Å². The monoisotopic (exact) mass is 294 g/mol. The van der Waals surface area contributed by atoms with Crippen molar-refractivity contribution in [3.8, 4) is 0 Å². The fourth-order valence-corrected chi connectivity index (χ4v) is 1.98. The van der Waals surface area contributed by atoms with Crippen LogP contribution in [0.5, 0.6) is 0 Å². The molecule has 15 heavy (non-hydrogen) atoms. The molecular formula is C10H13BrF2OSi. The van der Waals surface area contributed by atoms with Gasteiger partial charge < -0.3 is 4.43 Å². The van der Waals surface area contributed by atoms with Crippen LogP contribution in [0.25, 0.3) is 0 Å². The van der Waals surface area contributed by atoms with Gasteiger partial charge in [0.05, 0.1) is 6.61 Å². The lowest BCUT2D eigenvalue weighted by atomic mass is 10.2. The fourth-order valence-electron chi connectivity index (χ4n) is 0.999. The third-order valence-electron chi connectivity index (χ3n) is 1.76. The molecule has 0 fully saturated rings.